The number of methoxy groups -OCH3 is 1. The predicted octanol–water partition coefficient (Wildman–Crippen LogP) is 34.9. The third-order valence-corrected chi connectivity index (χ3v) is 21.5. The fourth-order valence-electron chi connectivity index (χ4n) is 10.5. The fraction of sp³-hybridized carbons (Fsp3) is 0.532. The highest BCUT2D eigenvalue weighted by Crippen LogP contribution is 2.34. The summed E-state index contributed by atoms with van der Waals surface area (Å²) in [6.07, 6.45) is 10.8. The summed E-state index contributed by atoms with van der Waals surface area (Å²) in [6.45, 7) is 46.5. The van der Waals surface area contributed by atoms with Crippen LogP contribution < -0.4 is 9.47 Å². The molecule has 0 amide bonds. The van der Waals surface area contributed by atoms with E-state index in [-0.39, 0.29) is 139 Å². The van der Waals surface area contributed by atoms with Gasteiger partial charge in [-0.2, -0.15) is 0 Å². The van der Waals surface area contributed by atoms with E-state index in [1.165, 1.54) is 52.6 Å². The quantitative estimate of drug-likeness (QED) is 0.0297. The van der Waals surface area contributed by atoms with Crippen LogP contribution in [0.25, 0.3) is 11.1 Å². The highest BCUT2D eigenvalue weighted by Gasteiger charge is 2.32. The topological polar surface area (TPSA) is 175 Å². The first-order valence-corrected chi connectivity index (χ1v) is 40.1. The zero-order valence-electron chi connectivity index (χ0n) is 71.3. The Balaban J connectivity index is -0.000000131. The van der Waals surface area contributed by atoms with Gasteiger partial charge in [0.2, 0.25) is 0 Å². The van der Waals surface area contributed by atoms with E-state index in [1.54, 1.807) is 43.5 Å². The van der Waals surface area contributed by atoms with Gasteiger partial charge in [-0.15, -0.1) is 0 Å². The van der Waals surface area contributed by atoms with Crippen molar-refractivity contribution < 1.29 is 58.2 Å². The van der Waals surface area contributed by atoms with Gasteiger partial charge in [-0.3, -0.25) is 19.2 Å². The van der Waals surface area contributed by atoms with Gasteiger partial charge in [0.25, 0.3) is 0 Å². The maximum atomic E-state index is 12.1. The number of phenols is 3. The predicted molar refractivity (Wildman–Crippen MR) is 542 cm³/mol. The summed E-state index contributed by atoms with van der Waals surface area (Å²) in [4.78, 5) is 48.1. The van der Waals surface area contributed by atoms with Crippen LogP contribution in [0.3, 0.4) is 0 Å². The fourth-order valence-corrected chi connectivity index (χ4v) is 10.5. The minimum Gasteiger partial charge on any atom is -0.508 e. The number of phenolic OH excluding ortho intramolecular Hbond substituents is 3. The van der Waals surface area contributed by atoms with Crippen molar-refractivity contribution in [3.05, 3.63) is 244 Å². The molecule has 0 bridgehead atoms. The molecule has 1 aliphatic rings. The molecule has 8 aromatic rings. The average molecular weight is 1710 g/mol. The van der Waals surface area contributed by atoms with E-state index < -0.39 is 21.7 Å². The van der Waals surface area contributed by atoms with Crippen LogP contribution in [-0.2, 0) is 46.2 Å². The molecule has 0 heterocycles. The molecule has 6 unspecified atom stereocenters. The molecule has 0 aromatic heterocycles. The molecule has 6 atom stereocenters. The largest absolute Gasteiger partial charge is 0.508 e. The van der Waals surface area contributed by atoms with E-state index in [4.69, 9.17) is 39.0 Å². The summed E-state index contributed by atoms with van der Waals surface area (Å²) < 4.78 is 27.2. The lowest BCUT2D eigenvalue weighted by Crippen LogP contribution is -2.28. The van der Waals surface area contributed by atoms with Gasteiger partial charge in [0.05, 0.1) is 28.8 Å². The number of fused-ring (bicyclic) bond motifs is 1. The summed E-state index contributed by atoms with van der Waals surface area (Å²) >= 11 is 0. The Morgan fingerprint density at radius 3 is 0.870 bits per heavy atom. The van der Waals surface area contributed by atoms with Gasteiger partial charge in [-0.05, 0) is 292 Å². The summed E-state index contributed by atoms with van der Waals surface area (Å²) in [6, 6.07) is 62.4. The van der Waals surface area contributed by atoms with Crippen LogP contribution in [0.5, 0.6) is 28.7 Å². The van der Waals surface area contributed by atoms with Crippen LogP contribution in [0, 0.1) is 21.7 Å². The second-order valence-corrected chi connectivity index (χ2v) is 31.9. The normalized spacial score (nSPS) is 11.9. The molecule has 0 radical (unpaired) electrons. The van der Waals surface area contributed by atoms with Crippen LogP contribution in [0.2, 0.25) is 0 Å². The van der Waals surface area contributed by atoms with E-state index in [2.05, 4.69) is 97.9 Å². The zero-order valence-corrected chi connectivity index (χ0v) is 71.3. The molecule has 12 heteroatoms. The minimum atomic E-state index is -0.446. The summed E-state index contributed by atoms with van der Waals surface area (Å²) in [5.74, 6) is 4.14. The molecule has 123 heavy (non-hydrogen) atoms. The maximum Gasteiger partial charge on any atom is 0.316 e. The lowest BCUT2D eigenvalue weighted by Gasteiger charge is -2.24. The van der Waals surface area contributed by atoms with E-state index in [0.29, 0.717) is 46.7 Å². The van der Waals surface area contributed by atoms with Gasteiger partial charge < -0.3 is 39.0 Å². The molecule has 1 aliphatic carbocycles. The number of benzene rings is 8. The van der Waals surface area contributed by atoms with Crippen molar-refractivity contribution in [2.24, 2.45) is 21.7 Å². The van der Waals surface area contributed by atoms with Gasteiger partial charge in [-0.1, -0.05) is 313 Å². The van der Waals surface area contributed by atoms with Gasteiger partial charge in [0, 0.05) is 0 Å². The number of aryl methyl sites for hydroxylation is 2. The number of ether oxygens (including phenoxy) is 5. The summed E-state index contributed by atoms with van der Waals surface area (Å²) in [5.41, 5.74) is 11.8. The van der Waals surface area contributed by atoms with Crippen molar-refractivity contribution in [3.8, 4) is 39.9 Å². The molecule has 8 aromatic carbocycles. The molecule has 12 nitrogen and oxygen atoms in total. The maximum absolute atomic E-state index is 12.1. The standard InChI is InChI=1S/C18H26O2.C18H20O2.C17H26O2.C15H22O3.3C10H14O.13CH4/c1-5-18(3,4)17(19)20-13(2)15-11-10-14-8-6-7-9-16(14)12-15;1-4-18(2,3)17(19)20-16-12-10-15(11-13-16)14-8-6-5-7-9-14;1-7-17(5,6)16(18)19-13(4)15-10-8-14(9-11-15)12(2)3;1-6-15(3,4)14(16)18-11(2)12-7-9-13(17-5)10-8-12;3*1-3-8(2)9-4-6-10(11)7-5-9;;;;;;;;;;;;;/h10-13H,5-9H2,1-4H3;5-13H,4H2,1-3H3;8-13H,7H2,1-6H3;7-11H,6H2,1-5H3;3*4-8,11H,3H2,1-2H3;13*1H4. The summed E-state index contributed by atoms with van der Waals surface area (Å²) in [5, 5.41) is 27.0. The lowest BCUT2D eigenvalue weighted by molar-refractivity contribution is -0.160. The number of rotatable bonds is 24. The van der Waals surface area contributed by atoms with Crippen LogP contribution in [-0.4, -0.2) is 46.3 Å². The number of esters is 4. The van der Waals surface area contributed by atoms with Crippen LogP contribution in [0.15, 0.2) is 194 Å². The molecule has 0 saturated heterocycles. The summed E-state index contributed by atoms with van der Waals surface area (Å²) in [7, 11) is 1.63. The van der Waals surface area contributed by atoms with Crippen molar-refractivity contribution in [1.82, 2.24) is 0 Å². The third-order valence-electron chi connectivity index (χ3n) is 21.5. The molecular formula is C111H188O12. The molecule has 0 spiro atoms. The Labute approximate surface area is 759 Å². The minimum absolute atomic E-state index is 0. The number of hydrogen-bond acceptors (Lipinski definition) is 12. The number of carbonyl (C=O) groups excluding carboxylic acids is 4. The van der Waals surface area contributed by atoms with E-state index in [9.17, 15) is 19.2 Å². The van der Waals surface area contributed by atoms with Gasteiger partial charge in [0.15, 0.2) is 0 Å². The van der Waals surface area contributed by atoms with E-state index in [1.807, 2.05) is 219 Å². The van der Waals surface area contributed by atoms with E-state index in [0.717, 1.165) is 84.9 Å². The van der Waals surface area contributed by atoms with Gasteiger partial charge in [0.1, 0.15) is 47.1 Å². The van der Waals surface area contributed by atoms with Gasteiger partial charge >= 0.3 is 23.9 Å². The Bertz CT molecular complexity index is 3810. The SMILES string of the molecule is C.C.C.C.C.C.C.C.C.C.C.C.C.CCC(C)(C)C(=O)OC(C)c1ccc(C(C)C)cc1.CCC(C)(C)C(=O)OC(C)c1ccc(OC)cc1.CCC(C)(C)C(=O)OC(C)c1ccc2c(c1)CCCC2.CCC(C)(C)C(=O)Oc1ccc(-c2ccccc2)cc1.CCC(C)c1ccc(O)cc1.CCC(C)c1ccc(O)cc1.CCC(C)c1ccc(O)cc1. The Hall–Kier alpha value is -9.16. The number of carbonyl (C=O) groups is 4. The molecule has 9 rings (SSSR count). The molecule has 0 saturated carbocycles. The zero-order chi connectivity index (χ0) is 82.5. The van der Waals surface area contributed by atoms with Crippen molar-refractivity contribution in [1.29, 1.82) is 0 Å². The Kier molecular flexibility index (Phi) is 76.0. The third kappa shape index (κ3) is 47.5. The van der Waals surface area contributed by atoms with Crippen LogP contribution >= 0.6 is 0 Å². The molecule has 704 valence electrons. The van der Waals surface area contributed by atoms with Crippen molar-refractivity contribution in [2.75, 3.05) is 7.11 Å². The first kappa shape index (κ1) is 137. The Morgan fingerprint density at radius 2 is 0.569 bits per heavy atom. The van der Waals surface area contributed by atoms with Crippen LogP contribution in [0.4, 0.5) is 0 Å². The molecular weight excluding hydrogens is 1530 g/mol. The van der Waals surface area contributed by atoms with Gasteiger partial charge in [-0.25, -0.2) is 0 Å². The highest BCUT2D eigenvalue weighted by molar-refractivity contribution is 5.79. The first-order chi connectivity index (χ1) is 51.8. The van der Waals surface area contributed by atoms with Crippen LogP contribution in [0.1, 0.15) is 406 Å². The second kappa shape index (κ2) is 68.2. The number of hydrogen-bond donors (Lipinski definition) is 3. The average Bonchev–Trinajstić information content (AvgIpc) is 0.877. The highest BCUT2D eigenvalue weighted by atomic mass is 16.6. The number of aromatic hydroxyl groups is 3. The molecule has 0 fully saturated rings. The molecule has 3 N–H and O–H groups in total. The van der Waals surface area contributed by atoms with Crippen molar-refractivity contribution in [2.45, 2.75) is 368 Å². The van der Waals surface area contributed by atoms with Crippen molar-refractivity contribution in [3.63, 3.8) is 0 Å². The Morgan fingerprint density at radius 1 is 0.309 bits per heavy atom. The lowest BCUT2D eigenvalue weighted by atomic mass is 9.89. The molecule has 0 aliphatic heterocycles. The smallest absolute Gasteiger partial charge is 0.316 e. The monoisotopic (exact) mass is 1710 g/mol. The van der Waals surface area contributed by atoms with Crippen molar-refractivity contribution >= 4 is 23.9 Å². The second-order valence-electron chi connectivity index (χ2n) is 31.9. The van der Waals surface area contributed by atoms with E-state index >= 15 is 0 Å². The first-order valence-electron chi connectivity index (χ1n) is 40.1.